The number of benzene rings is 1. The van der Waals surface area contributed by atoms with Crippen molar-refractivity contribution in [2.45, 2.75) is 45.6 Å². The quantitative estimate of drug-likeness (QED) is 0.718. The summed E-state index contributed by atoms with van der Waals surface area (Å²) in [6.07, 6.45) is 7.10. The predicted octanol–water partition coefficient (Wildman–Crippen LogP) is 4.47. The van der Waals surface area contributed by atoms with Crippen molar-refractivity contribution in [3.8, 4) is 11.4 Å². The third-order valence-electron chi connectivity index (χ3n) is 5.63. The highest BCUT2D eigenvalue weighted by molar-refractivity contribution is 5.83. The number of nitrogens with one attached hydrogen (secondary N) is 1. The molecule has 148 valence electrons. The molecule has 0 spiro atoms. The second-order valence-corrected chi connectivity index (χ2v) is 8.57. The molecule has 0 saturated heterocycles. The minimum atomic E-state index is -0.207. The van der Waals surface area contributed by atoms with E-state index in [4.69, 9.17) is 4.98 Å². The van der Waals surface area contributed by atoms with Crippen LogP contribution in [0.5, 0.6) is 0 Å². The molecular weight excluding hydrogens is 360 g/mol. The maximum absolute atomic E-state index is 13.0. The Kier molecular flexibility index (Phi) is 5.14. The van der Waals surface area contributed by atoms with Crippen LogP contribution in [0.3, 0.4) is 0 Å². The molecule has 2 aromatic heterocycles. The van der Waals surface area contributed by atoms with E-state index in [1.165, 1.54) is 0 Å². The number of nitrogens with zero attached hydrogens (tertiary/aromatic N) is 3. The minimum Gasteiger partial charge on any atom is -0.349 e. The lowest BCUT2D eigenvalue weighted by molar-refractivity contribution is -0.123. The lowest BCUT2D eigenvalue weighted by atomic mass is 9.74. The van der Waals surface area contributed by atoms with Gasteiger partial charge < -0.3 is 5.32 Å². The van der Waals surface area contributed by atoms with Crippen molar-refractivity contribution in [2.75, 3.05) is 0 Å². The second-order valence-electron chi connectivity index (χ2n) is 8.57. The zero-order valence-electron chi connectivity index (χ0n) is 17.1. The van der Waals surface area contributed by atoms with E-state index in [9.17, 15) is 4.79 Å². The molecule has 5 nitrogen and oxygen atoms in total. The summed E-state index contributed by atoms with van der Waals surface area (Å²) in [6.45, 7) is 6.40. The van der Waals surface area contributed by atoms with Crippen LogP contribution in [0.25, 0.3) is 11.4 Å². The van der Waals surface area contributed by atoms with Crippen molar-refractivity contribution in [1.82, 2.24) is 20.3 Å². The highest BCUT2D eigenvalue weighted by Crippen LogP contribution is 2.40. The van der Waals surface area contributed by atoms with E-state index in [0.717, 1.165) is 35.2 Å². The Morgan fingerprint density at radius 2 is 1.86 bits per heavy atom. The molecule has 0 fully saturated rings. The third kappa shape index (κ3) is 4.19. The van der Waals surface area contributed by atoms with Gasteiger partial charge in [0.25, 0.3) is 0 Å². The lowest BCUT2D eigenvalue weighted by Crippen LogP contribution is -2.38. The summed E-state index contributed by atoms with van der Waals surface area (Å²) in [5.74, 6) is 0.524. The van der Waals surface area contributed by atoms with Crippen LogP contribution in [0.4, 0.5) is 0 Å². The van der Waals surface area contributed by atoms with Gasteiger partial charge in [-0.05, 0) is 42.9 Å². The highest BCUT2D eigenvalue weighted by Gasteiger charge is 2.35. The van der Waals surface area contributed by atoms with Crippen LogP contribution in [-0.2, 0) is 11.2 Å². The topological polar surface area (TPSA) is 67.8 Å². The summed E-state index contributed by atoms with van der Waals surface area (Å²) in [4.78, 5) is 26.5. The molecular formula is C24H26N4O. The molecule has 2 unspecified atom stereocenters. The monoisotopic (exact) mass is 386 g/mol. The summed E-state index contributed by atoms with van der Waals surface area (Å²) in [7, 11) is 0. The average Bonchev–Trinajstić information content (AvgIpc) is 2.73. The van der Waals surface area contributed by atoms with Gasteiger partial charge in [0.05, 0.1) is 17.7 Å². The number of hydrogen-bond donors (Lipinski definition) is 1. The van der Waals surface area contributed by atoms with Crippen molar-refractivity contribution in [2.24, 2.45) is 5.41 Å². The van der Waals surface area contributed by atoms with Crippen LogP contribution in [0.1, 0.15) is 56.0 Å². The Hall–Kier alpha value is -3.08. The fourth-order valence-corrected chi connectivity index (χ4v) is 4.01. The van der Waals surface area contributed by atoms with E-state index in [1.54, 1.807) is 12.4 Å². The second kappa shape index (κ2) is 7.74. The summed E-state index contributed by atoms with van der Waals surface area (Å²) < 4.78 is 0. The van der Waals surface area contributed by atoms with Gasteiger partial charge in [-0.2, -0.15) is 0 Å². The van der Waals surface area contributed by atoms with Gasteiger partial charge in [-0.15, -0.1) is 0 Å². The van der Waals surface area contributed by atoms with Crippen molar-refractivity contribution in [3.05, 3.63) is 77.9 Å². The van der Waals surface area contributed by atoms with Gasteiger partial charge >= 0.3 is 0 Å². The van der Waals surface area contributed by atoms with Crippen LogP contribution < -0.4 is 5.32 Å². The molecule has 3 aromatic rings. The number of pyridine rings is 1. The predicted molar refractivity (Wildman–Crippen MR) is 113 cm³/mol. The van der Waals surface area contributed by atoms with Gasteiger partial charge in [-0.3, -0.25) is 9.78 Å². The van der Waals surface area contributed by atoms with Gasteiger partial charge in [0.2, 0.25) is 5.91 Å². The maximum Gasteiger partial charge on any atom is 0.227 e. The molecule has 1 amide bonds. The molecule has 1 aliphatic carbocycles. The normalized spacial score (nSPS) is 18.5. The van der Waals surface area contributed by atoms with Crippen molar-refractivity contribution < 1.29 is 4.79 Å². The number of amides is 1. The molecule has 0 radical (unpaired) electrons. The highest BCUT2D eigenvalue weighted by atomic mass is 16.1. The van der Waals surface area contributed by atoms with E-state index in [2.05, 4.69) is 29.1 Å². The molecule has 1 N–H and O–H groups in total. The Labute approximate surface area is 171 Å². The first-order valence-corrected chi connectivity index (χ1v) is 10.0. The number of carbonyl (C=O) groups is 1. The molecule has 1 aliphatic rings. The molecule has 1 aromatic carbocycles. The van der Waals surface area contributed by atoms with Crippen LogP contribution in [0, 0.1) is 5.41 Å². The summed E-state index contributed by atoms with van der Waals surface area (Å²) in [5, 5.41) is 3.26. The van der Waals surface area contributed by atoms with Crippen LogP contribution in [0.15, 0.2) is 61.1 Å². The Morgan fingerprint density at radius 3 is 2.59 bits per heavy atom. The SMILES string of the molecule is CC(C(=O)NC1CC(C)(C)Cc2nc(-c3ccncc3)ncc21)c1ccccc1. The van der Waals surface area contributed by atoms with Crippen molar-refractivity contribution in [1.29, 1.82) is 0 Å². The molecule has 0 bridgehead atoms. The van der Waals surface area contributed by atoms with Crippen molar-refractivity contribution >= 4 is 5.91 Å². The third-order valence-corrected chi connectivity index (χ3v) is 5.63. The van der Waals surface area contributed by atoms with E-state index in [0.29, 0.717) is 5.82 Å². The van der Waals surface area contributed by atoms with Gasteiger partial charge in [0.15, 0.2) is 5.82 Å². The fourth-order valence-electron chi connectivity index (χ4n) is 4.01. The number of rotatable bonds is 4. The van der Waals surface area contributed by atoms with Gasteiger partial charge in [-0.25, -0.2) is 9.97 Å². The van der Waals surface area contributed by atoms with Gasteiger partial charge in [0, 0.05) is 29.7 Å². The van der Waals surface area contributed by atoms with Crippen LogP contribution in [-0.4, -0.2) is 20.9 Å². The van der Waals surface area contributed by atoms with Gasteiger partial charge in [0.1, 0.15) is 0 Å². The average molecular weight is 386 g/mol. The summed E-state index contributed by atoms with van der Waals surface area (Å²) in [6, 6.07) is 13.6. The lowest BCUT2D eigenvalue weighted by Gasteiger charge is -2.37. The first-order valence-electron chi connectivity index (χ1n) is 10.0. The van der Waals surface area contributed by atoms with Crippen LogP contribution in [0.2, 0.25) is 0 Å². The smallest absolute Gasteiger partial charge is 0.227 e. The fraction of sp³-hybridized carbons (Fsp3) is 0.333. The molecule has 2 heterocycles. The van der Waals surface area contributed by atoms with Gasteiger partial charge in [-0.1, -0.05) is 44.2 Å². The van der Waals surface area contributed by atoms with Crippen LogP contribution >= 0.6 is 0 Å². The maximum atomic E-state index is 13.0. The number of aromatic nitrogens is 3. The molecule has 4 rings (SSSR count). The standard InChI is InChI=1S/C24H26N4O/c1-16(17-7-5-4-6-8-17)23(29)28-21-14-24(2,3)13-20-19(21)15-26-22(27-20)18-9-11-25-12-10-18/h4-12,15-16,21H,13-14H2,1-3H3,(H,28,29). The molecule has 2 atom stereocenters. The first kappa shape index (κ1) is 19.2. The molecule has 0 saturated carbocycles. The zero-order valence-corrected chi connectivity index (χ0v) is 17.1. The summed E-state index contributed by atoms with van der Waals surface area (Å²) >= 11 is 0. The van der Waals surface area contributed by atoms with E-state index >= 15 is 0 Å². The number of hydrogen-bond acceptors (Lipinski definition) is 4. The Morgan fingerprint density at radius 1 is 1.14 bits per heavy atom. The van der Waals surface area contributed by atoms with E-state index < -0.39 is 0 Å². The van der Waals surface area contributed by atoms with E-state index in [1.807, 2.05) is 55.6 Å². The Bertz CT molecular complexity index is 1000. The summed E-state index contributed by atoms with van der Waals surface area (Å²) in [5.41, 5.74) is 4.05. The van der Waals surface area contributed by atoms with E-state index in [-0.39, 0.29) is 23.3 Å². The van der Waals surface area contributed by atoms with Crippen molar-refractivity contribution in [3.63, 3.8) is 0 Å². The Balaban J connectivity index is 1.61. The molecule has 5 heteroatoms. The zero-order chi connectivity index (χ0) is 20.4. The number of carbonyl (C=O) groups excluding carboxylic acids is 1. The minimum absolute atomic E-state index is 0.0306. The first-order chi connectivity index (χ1) is 13.9. The largest absolute Gasteiger partial charge is 0.349 e. The molecule has 0 aliphatic heterocycles. The number of fused-ring (bicyclic) bond motifs is 1. The molecule has 29 heavy (non-hydrogen) atoms.